The summed E-state index contributed by atoms with van der Waals surface area (Å²) in [5, 5.41) is 12.9. The summed E-state index contributed by atoms with van der Waals surface area (Å²) in [6.45, 7) is 1.32. The van der Waals surface area contributed by atoms with Gasteiger partial charge in [0.2, 0.25) is 0 Å². The van der Waals surface area contributed by atoms with E-state index in [1.807, 2.05) is 17.5 Å². The molecule has 0 spiro atoms. The van der Waals surface area contributed by atoms with Gasteiger partial charge in [0.15, 0.2) is 0 Å². The summed E-state index contributed by atoms with van der Waals surface area (Å²) < 4.78 is 5.71. The number of nitro groups is 1. The van der Waals surface area contributed by atoms with Gasteiger partial charge in [-0.3, -0.25) is 14.9 Å². The molecule has 1 atom stereocenters. The van der Waals surface area contributed by atoms with Gasteiger partial charge in [0.1, 0.15) is 11.8 Å². The highest BCUT2D eigenvalue weighted by atomic mass is 32.1. The molecule has 1 aromatic carbocycles. The van der Waals surface area contributed by atoms with E-state index in [1.165, 1.54) is 18.2 Å². The van der Waals surface area contributed by atoms with E-state index in [2.05, 4.69) is 0 Å². The van der Waals surface area contributed by atoms with Gasteiger partial charge in [0.25, 0.3) is 11.6 Å². The Bertz CT molecular complexity index is 732. The van der Waals surface area contributed by atoms with Gasteiger partial charge in [-0.1, -0.05) is 6.07 Å². The molecule has 0 saturated carbocycles. The number of benzene rings is 1. The highest BCUT2D eigenvalue weighted by Gasteiger charge is 2.27. The lowest BCUT2D eigenvalue weighted by Gasteiger charge is -2.32. The van der Waals surface area contributed by atoms with Gasteiger partial charge in [-0.05, 0) is 23.6 Å². The Morgan fingerprint density at radius 2 is 2.26 bits per heavy atom. The average Bonchev–Trinajstić information content (AvgIpc) is 3.09. The summed E-state index contributed by atoms with van der Waals surface area (Å²) in [5.41, 5.74) is 5.63. The van der Waals surface area contributed by atoms with Crippen LogP contribution in [-0.4, -0.2) is 35.4 Å². The number of morpholine rings is 1. The van der Waals surface area contributed by atoms with Crippen LogP contribution in [0.25, 0.3) is 0 Å². The largest absolute Gasteiger partial charge is 0.393 e. The van der Waals surface area contributed by atoms with Gasteiger partial charge in [-0.25, -0.2) is 0 Å². The Hall–Kier alpha value is -2.45. The number of thiophene rings is 1. The molecule has 23 heavy (non-hydrogen) atoms. The van der Waals surface area contributed by atoms with Crippen LogP contribution in [0.3, 0.4) is 0 Å². The molecule has 3 rings (SSSR count). The smallest absolute Gasteiger partial charge is 0.292 e. The first-order valence-corrected chi connectivity index (χ1v) is 7.92. The van der Waals surface area contributed by atoms with E-state index in [9.17, 15) is 14.9 Å². The van der Waals surface area contributed by atoms with Gasteiger partial charge in [-0.2, -0.15) is 0 Å². The third-order valence-electron chi connectivity index (χ3n) is 3.69. The number of ether oxygens (including phenoxy) is 1. The summed E-state index contributed by atoms with van der Waals surface area (Å²) in [6, 6.07) is 8.04. The number of nitrogen functional groups attached to an aromatic ring is 1. The number of nitrogens with two attached hydrogens (primary N) is 1. The van der Waals surface area contributed by atoms with E-state index in [4.69, 9.17) is 10.5 Å². The monoisotopic (exact) mass is 333 g/mol. The normalized spacial score (nSPS) is 17.9. The molecule has 1 aliphatic rings. The molecule has 7 nitrogen and oxygen atoms in total. The highest BCUT2D eigenvalue weighted by Crippen LogP contribution is 2.28. The van der Waals surface area contributed by atoms with Gasteiger partial charge in [0, 0.05) is 23.1 Å². The summed E-state index contributed by atoms with van der Waals surface area (Å²) >= 11 is 1.58. The zero-order chi connectivity index (χ0) is 16.4. The van der Waals surface area contributed by atoms with Crippen molar-refractivity contribution in [1.82, 2.24) is 4.90 Å². The summed E-state index contributed by atoms with van der Waals surface area (Å²) in [7, 11) is 0. The van der Waals surface area contributed by atoms with Crippen molar-refractivity contribution in [2.24, 2.45) is 0 Å². The molecule has 2 heterocycles. The zero-order valence-corrected chi connectivity index (χ0v) is 13.0. The zero-order valence-electron chi connectivity index (χ0n) is 12.2. The van der Waals surface area contributed by atoms with E-state index in [0.29, 0.717) is 19.7 Å². The van der Waals surface area contributed by atoms with E-state index in [-0.39, 0.29) is 28.9 Å². The SMILES string of the molecule is Nc1ccc(C(=O)N2CCO[C@@H](c3cccs3)C2)cc1[N+](=O)[O-]. The predicted molar refractivity (Wildman–Crippen MR) is 86.4 cm³/mol. The van der Waals surface area contributed by atoms with Crippen LogP contribution in [0.5, 0.6) is 0 Å². The maximum Gasteiger partial charge on any atom is 0.292 e. The minimum Gasteiger partial charge on any atom is -0.393 e. The molecule has 1 saturated heterocycles. The van der Waals surface area contributed by atoms with E-state index >= 15 is 0 Å². The molecule has 0 bridgehead atoms. The van der Waals surface area contributed by atoms with Gasteiger partial charge in [0.05, 0.1) is 18.1 Å². The fourth-order valence-corrected chi connectivity index (χ4v) is 3.26. The minimum absolute atomic E-state index is 0.0463. The minimum atomic E-state index is -0.583. The Morgan fingerprint density at radius 1 is 1.43 bits per heavy atom. The first-order valence-electron chi connectivity index (χ1n) is 7.04. The van der Waals surface area contributed by atoms with Crippen LogP contribution in [0, 0.1) is 10.1 Å². The number of hydrogen-bond donors (Lipinski definition) is 1. The number of hydrogen-bond acceptors (Lipinski definition) is 6. The van der Waals surface area contributed by atoms with Crippen molar-refractivity contribution in [2.75, 3.05) is 25.4 Å². The molecule has 1 aliphatic heterocycles. The number of anilines is 1. The number of nitro benzene ring substituents is 1. The lowest BCUT2D eigenvalue weighted by atomic mass is 10.1. The summed E-state index contributed by atoms with van der Waals surface area (Å²) in [4.78, 5) is 25.7. The van der Waals surface area contributed by atoms with E-state index in [0.717, 1.165) is 4.88 Å². The van der Waals surface area contributed by atoms with Crippen molar-refractivity contribution in [2.45, 2.75) is 6.10 Å². The van der Waals surface area contributed by atoms with Crippen LogP contribution in [0.15, 0.2) is 35.7 Å². The second-order valence-electron chi connectivity index (χ2n) is 5.16. The lowest BCUT2D eigenvalue weighted by molar-refractivity contribution is -0.383. The standard InChI is InChI=1S/C15H15N3O4S/c16-11-4-3-10(8-12(11)18(20)21)15(19)17-5-6-22-13(9-17)14-2-1-7-23-14/h1-4,7-8,13H,5-6,9,16H2/t13-/m1/s1. The molecule has 8 heteroatoms. The number of carbonyl (C=O) groups excluding carboxylic acids is 1. The summed E-state index contributed by atoms with van der Waals surface area (Å²) in [5.74, 6) is -0.252. The van der Waals surface area contributed by atoms with Crippen LogP contribution in [0.2, 0.25) is 0 Å². The molecule has 1 fully saturated rings. The van der Waals surface area contributed by atoms with Crippen LogP contribution < -0.4 is 5.73 Å². The van der Waals surface area contributed by atoms with Gasteiger partial charge in [-0.15, -0.1) is 11.3 Å². The van der Waals surface area contributed by atoms with Crippen molar-refractivity contribution in [1.29, 1.82) is 0 Å². The van der Waals surface area contributed by atoms with Crippen LogP contribution in [0.1, 0.15) is 21.3 Å². The molecule has 120 valence electrons. The quantitative estimate of drug-likeness (QED) is 0.528. The van der Waals surface area contributed by atoms with Crippen LogP contribution >= 0.6 is 11.3 Å². The van der Waals surface area contributed by atoms with Crippen molar-refractivity contribution in [3.05, 3.63) is 56.3 Å². The van der Waals surface area contributed by atoms with Crippen molar-refractivity contribution in [3.63, 3.8) is 0 Å². The second kappa shape index (κ2) is 6.35. The molecular weight excluding hydrogens is 318 g/mol. The molecule has 1 amide bonds. The molecule has 0 radical (unpaired) electrons. The third-order valence-corrected chi connectivity index (χ3v) is 4.65. The van der Waals surface area contributed by atoms with Crippen molar-refractivity contribution in [3.8, 4) is 0 Å². The fraction of sp³-hybridized carbons (Fsp3) is 0.267. The Kier molecular flexibility index (Phi) is 4.26. The molecule has 0 unspecified atom stereocenters. The Labute approximate surface area is 136 Å². The maximum atomic E-state index is 12.6. The molecule has 0 aliphatic carbocycles. The molecule has 1 aromatic heterocycles. The third kappa shape index (κ3) is 3.17. The second-order valence-corrected chi connectivity index (χ2v) is 6.14. The van der Waals surface area contributed by atoms with Gasteiger partial charge >= 0.3 is 0 Å². The number of rotatable bonds is 3. The number of carbonyl (C=O) groups is 1. The van der Waals surface area contributed by atoms with Crippen LogP contribution in [0.4, 0.5) is 11.4 Å². The number of amides is 1. The topological polar surface area (TPSA) is 98.7 Å². The lowest BCUT2D eigenvalue weighted by Crippen LogP contribution is -2.42. The summed E-state index contributed by atoms with van der Waals surface area (Å²) in [6.07, 6.45) is -0.156. The molecule has 2 N–H and O–H groups in total. The Morgan fingerprint density at radius 3 is 2.96 bits per heavy atom. The van der Waals surface area contributed by atoms with Crippen LogP contribution in [-0.2, 0) is 4.74 Å². The van der Waals surface area contributed by atoms with E-state index in [1.54, 1.807) is 16.2 Å². The predicted octanol–water partition coefficient (Wildman–Crippen LogP) is 2.45. The number of nitrogens with zero attached hydrogens (tertiary/aromatic N) is 2. The highest BCUT2D eigenvalue weighted by molar-refractivity contribution is 7.10. The van der Waals surface area contributed by atoms with Crippen molar-refractivity contribution >= 4 is 28.6 Å². The maximum absolute atomic E-state index is 12.6. The molecular formula is C15H15N3O4S. The average molecular weight is 333 g/mol. The van der Waals surface area contributed by atoms with E-state index < -0.39 is 4.92 Å². The Balaban J connectivity index is 1.80. The van der Waals surface area contributed by atoms with Crippen molar-refractivity contribution < 1.29 is 14.5 Å². The molecule has 2 aromatic rings. The fourth-order valence-electron chi connectivity index (χ4n) is 2.50. The first-order chi connectivity index (χ1) is 11.1. The van der Waals surface area contributed by atoms with Gasteiger partial charge < -0.3 is 15.4 Å². The first kappa shape index (κ1) is 15.4.